The van der Waals surface area contributed by atoms with Crippen LogP contribution in [0.2, 0.25) is 0 Å². The highest BCUT2D eigenvalue weighted by Gasteiger charge is 2.42. The van der Waals surface area contributed by atoms with Gasteiger partial charge in [0.2, 0.25) is 11.8 Å². The minimum Gasteiger partial charge on any atom is -0.303 e. The van der Waals surface area contributed by atoms with E-state index in [0.717, 1.165) is 12.8 Å². The normalized spacial score (nSPS) is 26.2. The molecule has 1 saturated carbocycles. The van der Waals surface area contributed by atoms with Crippen molar-refractivity contribution >= 4 is 11.8 Å². The van der Waals surface area contributed by atoms with Gasteiger partial charge in [0, 0.05) is 12.1 Å². The van der Waals surface area contributed by atoms with E-state index < -0.39 is 0 Å². The van der Waals surface area contributed by atoms with Crippen LogP contribution in [0.1, 0.15) is 52.9 Å². The summed E-state index contributed by atoms with van der Waals surface area (Å²) in [7, 11) is 0. The Balaban J connectivity index is 1.98. The molecule has 0 aromatic carbocycles. The van der Waals surface area contributed by atoms with Gasteiger partial charge in [-0.15, -0.1) is 0 Å². The van der Waals surface area contributed by atoms with Crippen LogP contribution in [0.25, 0.3) is 0 Å². The molecule has 1 aliphatic heterocycles. The van der Waals surface area contributed by atoms with E-state index in [9.17, 15) is 9.59 Å². The molecule has 1 saturated heterocycles. The third-order valence-electron chi connectivity index (χ3n) is 4.28. The zero-order valence-electron chi connectivity index (χ0n) is 11.6. The number of hydrogen-bond acceptors (Lipinski definition) is 3. The number of hydrogen-bond donors (Lipinski definition) is 1. The third-order valence-corrected chi connectivity index (χ3v) is 4.28. The van der Waals surface area contributed by atoms with Crippen molar-refractivity contribution in [2.24, 2.45) is 5.92 Å². The molecule has 0 aromatic heterocycles. The molecule has 4 nitrogen and oxygen atoms in total. The summed E-state index contributed by atoms with van der Waals surface area (Å²) in [6.07, 6.45) is 4.53. The maximum atomic E-state index is 12.3. The molecule has 18 heavy (non-hydrogen) atoms. The lowest BCUT2D eigenvalue weighted by molar-refractivity contribution is -0.141. The Kier molecular flexibility index (Phi) is 4.05. The maximum Gasteiger partial charge on any atom is 0.247 e. The highest BCUT2D eigenvalue weighted by molar-refractivity contribution is 6.05. The number of likely N-dealkylation sites (tertiary alicyclic amines) is 1. The van der Waals surface area contributed by atoms with Crippen LogP contribution in [0, 0.1) is 5.92 Å². The molecule has 1 aliphatic carbocycles. The lowest BCUT2D eigenvalue weighted by Gasteiger charge is -2.25. The van der Waals surface area contributed by atoms with Gasteiger partial charge in [-0.25, -0.2) is 0 Å². The van der Waals surface area contributed by atoms with Gasteiger partial charge < -0.3 is 5.32 Å². The molecule has 2 amide bonds. The predicted octanol–water partition coefficient (Wildman–Crippen LogP) is 1.69. The van der Waals surface area contributed by atoms with E-state index in [1.165, 1.54) is 17.7 Å². The van der Waals surface area contributed by atoms with Gasteiger partial charge in [-0.3, -0.25) is 14.5 Å². The topological polar surface area (TPSA) is 49.4 Å². The van der Waals surface area contributed by atoms with Gasteiger partial charge in [0.25, 0.3) is 0 Å². The van der Waals surface area contributed by atoms with Gasteiger partial charge in [0.05, 0.1) is 12.5 Å². The molecule has 2 atom stereocenters. The highest BCUT2D eigenvalue weighted by Crippen LogP contribution is 2.33. The molecular weight excluding hydrogens is 228 g/mol. The van der Waals surface area contributed by atoms with Crippen molar-refractivity contribution < 1.29 is 9.59 Å². The van der Waals surface area contributed by atoms with E-state index in [4.69, 9.17) is 0 Å². The van der Waals surface area contributed by atoms with Crippen molar-refractivity contribution in [2.75, 3.05) is 0 Å². The molecular formula is C14H24N2O2. The molecule has 0 bridgehead atoms. The zero-order valence-corrected chi connectivity index (χ0v) is 11.6. The molecule has 2 rings (SSSR count). The van der Waals surface area contributed by atoms with Gasteiger partial charge >= 0.3 is 0 Å². The van der Waals surface area contributed by atoms with Gasteiger partial charge in [-0.1, -0.05) is 13.8 Å². The number of nitrogens with one attached hydrogen (secondary N) is 1. The molecule has 1 N–H and O–H groups in total. The Hall–Kier alpha value is -0.900. The third kappa shape index (κ3) is 2.58. The maximum absolute atomic E-state index is 12.3. The fourth-order valence-corrected chi connectivity index (χ4v) is 2.87. The first-order valence-electron chi connectivity index (χ1n) is 7.20. The van der Waals surface area contributed by atoms with E-state index >= 15 is 0 Å². The van der Waals surface area contributed by atoms with E-state index in [0.29, 0.717) is 18.4 Å². The van der Waals surface area contributed by atoms with Crippen molar-refractivity contribution in [3.05, 3.63) is 0 Å². The number of rotatable bonds is 6. The lowest BCUT2D eigenvalue weighted by Crippen LogP contribution is -2.46. The minimum absolute atomic E-state index is 0.00537. The van der Waals surface area contributed by atoms with Crippen molar-refractivity contribution in [2.45, 2.75) is 71.0 Å². The molecule has 0 spiro atoms. The average molecular weight is 252 g/mol. The number of carbonyl (C=O) groups excluding carboxylic acids is 2. The van der Waals surface area contributed by atoms with Crippen molar-refractivity contribution in [1.29, 1.82) is 0 Å². The fraction of sp³-hybridized carbons (Fsp3) is 0.857. The van der Waals surface area contributed by atoms with Gasteiger partial charge in [0.1, 0.15) is 0 Å². The monoisotopic (exact) mass is 252 g/mol. The highest BCUT2D eigenvalue weighted by atomic mass is 16.2. The first kappa shape index (κ1) is 13.5. The fourth-order valence-electron chi connectivity index (χ4n) is 2.87. The standard InChI is InChI=1S/C14H24N2O2/c1-4-11(5-2)16-13(17)8-12(14(16)18)15-9(3)10-6-7-10/h9-12,15H,4-8H2,1-3H3. The minimum atomic E-state index is -0.284. The summed E-state index contributed by atoms with van der Waals surface area (Å²) in [6.45, 7) is 6.18. The van der Waals surface area contributed by atoms with Crippen LogP contribution in [0.5, 0.6) is 0 Å². The summed E-state index contributed by atoms with van der Waals surface area (Å²) in [5, 5.41) is 3.34. The van der Waals surface area contributed by atoms with Crippen LogP contribution in [-0.2, 0) is 9.59 Å². The molecule has 0 radical (unpaired) electrons. The Morgan fingerprint density at radius 2 is 1.89 bits per heavy atom. The SMILES string of the molecule is CCC(CC)N1C(=O)CC(NC(C)C2CC2)C1=O. The quantitative estimate of drug-likeness (QED) is 0.732. The van der Waals surface area contributed by atoms with E-state index in [1.54, 1.807) is 0 Å². The summed E-state index contributed by atoms with van der Waals surface area (Å²) in [5.74, 6) is 0.686. The number of imide groups is 1. The predicted molar refractivity (Wildman–Crippen MR) is 69.9 cm³/mol. The second kappa shape index (κ2) is 5.39. The van der Waals surface area contributed by atoms with Crippen LogP contribution in [-0.4, -0.2) is 34.8 Å². The van der Waals surface area contributed by atoms with Crippen LogP contribution in [0.3, 0.4) is 0 Å². The van der Waals surface area contributed by atoms with Crippen LogP contribution >= 0.6 is 0 Å². The second-order valence-corrected chi connectivity index (χ2v) is 5.62. The summed E-state index contributed by atoms with van der Waals surface area (Å²) in [6, 6.07) is 0.148. The van der Waals surface area contributed by atoms with Crippen molar-refractivity contribution in [3.63, 3.8) is 0 Å². The van der Waals surface area contributed by atoms with Crippen molar-refractivity contribution in [3.8, 4) is 0 Å². The Morgan fingerprint density at radius 1 is 1.28 bits per heavy atom. The summed E-state index contributed by atoms with van der Waals surface area (Å²) < 4.78 is 0. The van der Waals surface area contributed by atoms with Gasteiger partial charge in [-0.05, 0) is 38.5 Å². The smallest absolute Gasteiger partial charge is 0.247 e. The van der Waals surface area contributed by atoms with Gasteiger partial charge in [0.15, 0.2) is 0 Å². The molecule has 2 fully saturated rings. The molecule has 2 unspecified atom stereocenters. The number of carbonyl (C=O) groups is 2. The molecule has 0 aromatic rings. The number of amides is 2. The number of nitrogens with zero attached hydrogens (tertiary/aromatic N) is 1. The molecule has 4 heteroatoms. The molecule has 2 aliphatic rings. The largest absolute Gasteiger partial charge is 0.303 e. The molecule has 102 valence electrons. The Bertz CT molecular complexity index is 335. The first-order chi connectivity index (χ1) is 8.58. The Labute approximate surface area is 109 Å². The summed E-state index contributed by atoms with van der Waals surface area (Å²) in [5.41, 5.74) is 0. The summed E-state index contributed by atoms with van der Waals surface area (Å²) >= 11 is 0. The van der Waals surface area contributed by atoms with E-state index in [-0.39, 0.29) is 23.9 Å². The van der Waals surface area contributed by atoms with Crippen LogP contribution < -0.4 is 5.32 Å². The zero-order chi connectivity index (χ0) is 13.3. The van der Waals surface area contributed by atoms with Crippen LogP contribution in [0.4, 0.5) is 0 Å². The van der Waals surface area contributed by atoms with Gasteiger partial charge in [-0.2, -0.15) is 0 Å². The van der Waals surface area contributed by atoms with E-state index in [1.807, 2.05) is 13.8 Å². The van der Waals surface area contributed by atoms with E-state index in [2.05, 4.69) is 12.2 Å². The Morgan fingerprint density at radius 3 is 2.39 bits per heavy atom. The van der Waals surface area contributed by atoms with Crippen molar-refractivity contribution in [1.82, 2.24) is 10.2 Å². The van der Waals surface area contributed by atoms with Crippen LogP contribution in [0.15, 0.2) is 0 Å². The first-order valence-corrected chi connectivity index (χ1v) is 7.20. The summed E-state index contributed by atoms with van der Waals surface area (Å²) in [4.78, 5) is 25.8. The molecule has 1 heterocycles. The second-order valence-electron chi connectivity index (χ2n) is 5.62. The lowest BCUT2D eigenvalue weighted by atomic mass is 10.1. The average Bonchev–Trinajstić information content (AvgIpc) is 3.14.